The highest BCUT2D eigenvalue weighted by molar-refractivity contribution is 6.22. The van der Waals surface area contributed by atoms with Crippen LogP contribution in [0.15, 0.2) is 36.4 Å². The van der Waals surface area contributed by atoms with Crippen LogP contribution < -0.4 is 14.4 Å². The van der Waals surface area contributed by atoms with Crippen LogP contribution >= 0.6 is 0 Å². The zero-order valence-corrected chi connectivity index (χ0v) is 16.2. The number of para-hydroxylation sites is 1. The number of methoxy groups -OCH3 is 2. The van der Waals surface area contributed by atoms with Gasteiger partial charge >= 0.3 is 0 Å². The van der Waals surface area contributed by atoms with Gasteiger partial charge in [0.05, 0.1) is 20.3 Å². The number of benzene rings is 2. The molecule has 28 heavy (non-hydrogen) atoms. The third-order valence-electron chi connectivity index (χ3n) is 6.52. The van der Waals surface area contributed by atoms with E-state index in [9.17, 15) is 9.59 Å². The first-order valence-corrected chi connectivity index (χ1v) is 9.46. The van der Waals surface area contributed by atoms with Crippen LogP contribution in [0, 0.1) is 0 Å². The number of anilines is 1. The fraction of sp³-hybridized carbons (Fsp3) is 0.364. The topological polar surface area (TPSA) is 59.1 Å². The minimum Gasteiger partial charge on any atom is -0.493 e. The fourth-order valence-electron chi connectivity index (χ4n) is 5.16. The standard InChI is InChI=1S/C22H22N2O4/c1-23-16-7-5-4-6-15(16)22(20(23)25)12-17-14-11-19(28-3)18(27-2)10-13(14)8-9-24(17)21(22)26/h4-7,10-11,17H,8-9,12H2,1-3H3/t17-,22-/m0/s1. The van der Waals surface area contributed by atoms with Gasteiger partial charge in [0.25, 0.3) is 0 Å². The molecule has 6 heteroatoms. The van der Waals surface area contributed by atoms with Crippen LogP contribution in [0.25, 0.3) is 0 Å². The maximum Gasteiger partial charge on any atom is 0.247 e. The number of carbonyl (C=O) groups is 2. The lowest BCUT2D eigenvalue weighted by atomic mass is 9.77. The zero-order chi connectivity index (χ0) is 19.6. The van der Waals surface area contributed by atoms with E-state index in [2.05, 4.69) is 0 Å². The number of nitrogens with zero attached hydrogens (tertiary/aromatic N) is 2. The van der Waals surface area contributed by atoms with E-state index in [-0.39, 0.29) is 17.9 Å². The molecule has 2 aromatic carbocycles. The molecule has 2 atom stereocenters. The zero-order valence-electron chi connectivity index (χ0n) is 16.2. The van der Waals surface area contributed by atoms with Crippen molar-refractivity contribution < 1.29 is 19.1 Å². The summed E-state index contributed by atoms with van der Waals surface area (Å²) < 4.78 is 10.9. The molecule has 5 rings (SSSR count). The van der Waals surface area contributed by atoms with Gasteiger partial charge in [-0.2, -0.15) is 0 Å². The molecular weight excluding hydrogens is 356 g/mol. The van der Waals surface area contributed by atoms with Gasteiger partial charge in [0, 0.05) is 24.8 Å². The highest BCUT2D eigenvalue weighted by Gasteiger charge is 2.63. The molecule has 6 nitrogen and oxygen atoms in total. The number of amides is 2. The van der Waals surface area contributed by atoms with Crippen LogP contribution in [-0.2, 0) is 21.4 Å². The van der Waals surface area contributed by atoms with Crippen LogP contribution in [0.1, 0.15) is 29.2 Å². The largest absolute Gasteiger partial charge is 0.493 e. The van der Waals surface area contributed by atoms with Crippen molar-refractivity contribution in [3.63, 3.8) is 0 Å². The van der Waals surface area contributed by atoms with E-state index >= 15 is 0 Å². The molecule has 3 aliphatic rings. The number of fused-ring (bicyclic) bond motifs is 5. The lowest BCUT2D eigenvalue weighted by molar-refractivity contribution is -0.138. The minimum atomic E-state index is -1.12. The summed E-state index contributed by atoms with van der Waals surface area (Å²) in [6, 6.07) is 11.5. The number of rotatable bonds is 2. The molecule has 0 saturated carbocycles. The van der Waals surface area contributed by atoms with Crippen LogP contribution in [0.4, 0.5) is 5.69 Å². The highest BCUT2D eigenvalue weighted by Crippen LogP contribution is 2.55. The van der Waals surface area contributed by atoms with Crippen molar-refractivity contribution in [3.05, 3.63) is 53.1 Å². The Morgan fingerprint density at radius 3 is 2.50 bits per heavy atom. The summed E-state index contributed by atoms with van der Waals surface area (Å²) in [5, 5.41) is 0. The number of ether oxygens (including phenoxy) is 2. The Bertz CT molecular complexity index is 1020. The predicted octanol–water partition coefficient (Wildman–Crippen LogP) is 2.45. The van der Waals surface area contributed by atoms with Crippen molar-refractivity contribution in [2.75, 3.05) is 32.7 Å². The average Bonchev–Trinajstić information content (AvgIpc) is 3.15. The summed E-state index contributed by atoms with van der Waals surface area (Å²) in [4.78, 5) is 30.4. The van der Waals surface area contributed by atoms with Crippen molar-refractivity contribution in [1.82, 2.24) is 4.90 Å². The third kappa shape index (κ3) is 1.92. The molecule has 1 saturated heterocycles. The summed E-state index contributed by atoms with van der Waals surface area (Å²) in [6.07, 6.45) is 1.19. The molecule has 2 amide bonds. The SMILES string of the molecule is COc1cc2c(cc1OC)[C@@H]1C[C@]3(C(=O)N(C)c4ccccc43)C(=O)N1CC2. The summed E-state index contributed by atoms with van der Waals surface area (Å²) in [5.74, 6) is 1.12. The Kier molecular flexibility index (Phi) is 3.50. The lowest BCUT2D eigenvalue weighted by Gasteiger charge is -2.32. The van der Waals surface area contributed by atoms with Gasteiger partial charge in [-0.25, -0.2) is 0 Å². The molecule has 2 aromatic rings. The van der Waals surface area contributed by atoms with E-state index < -0.39 is 5.41 Å². The Hall–Kier alpha value is -3.02. The molecule has 0 bridgehead atoms. The Morgan fingerprint density at radius 2 is 1.75 bits per heavy atom. The number of likely N-dealkylation sites (N-methyl/N-ethyl adjacent to an activating group) is 1. The van der Waals surface area contributed by atoms with Gasteiger partial charge in [-0.1, -0.05) is 18.2 Å². The molecule has 1 spiro atoms. The first kappa shape index (κ1) is 17.1. The third-order valence-corrected chi connectivity index (χ3v) is 6.52. The average molecular weight is 378 g/mol. The normalized spacial score (nSPS) is 25.0. The molecule has 0 aliphatic carbocycles. The predicted molar refractivity (Wildman–Crippen MR) is 104 cm³/mol. The van der Waals surface area contributed by atoms with E-state index in [0.29, 0.717) is 24.5 Å². The van der Waals surface area contributed by atoms with E-state index in [1.54, 1.807) is 26.2 Å². The number of hydrogen-bond donors (Lipinski definition) is 0. The van der Waals surface area contributed by atoms with Crippen LogP contribution in [0.3, 0.4) is 0 Å². The van der Waals surface area contributed by atoms with Gasteiger partial charge in [-0.05, 0) is 42.2 Å². The molecule has 3 aliphatic heterocycles. The minimum absolute atomic E-state index is 0.0836. The molecule has 0 aromatic heterocycles. The second kappa shape index (κ2) is 5.74. The molecule has 144 valence electrons. The maximum absolute atomic E-state index is 13.6. The van der Waals surface area contributed by atoms with Gasteiger partial charge in [-0.3, -0.25) is 9.59 Å². The van der Waals surface area contributed by atoms with Gasteiger partial charge in [0.15, 0.2) is 16.9 Å². The summed E-state index contributed by atoms with van der Waals surface area (Å²) in [5.41, 5.74) is 2.73. The van der Waals surface area contributed by atoms with Crippen LogP contribution in [0.2, 0.25) is 0 Å². The molecule has 1 fully saturated rings. The Morgan fingerprint density at radius 1 is 1.04 bits per heavy atom. The van der Waals surface area contributed by atoms with Crippen molar-refractivity contribution in [2.45, 2.75) is 24.3 Å². The first-order chi connectivity index (χ1) is 13.5. The second-order valence-corrected chi connectivity index (χ2v) is 7.66. The molecule has 3 heterocycles. The Labute approximate surface area is 163 Å². The van der Waals surface area contributed by atoms with Crippen molar-refractivity contribution in [2.24, 2.45) is 0 Å². The van der Waals surface area contributed by atoms with Crippen molar-refractivity contribution in [3.8, 4) is 11.5 Å². The first-order valence-electron chi connectivity index (χ1n) is 9.46. The van der Waals surface area contributed by atoms with Crippen molar-refractivity contribution in [1.29, 1.82) is 0 Å². The van der Waals surface area contributed by atoms with Gasteiger partial charge in [0.1, 0.15) is 0 Å². The quantitative estimate of drug-likeness (QED) is 0.754. The van der Waals surface area contributed by atoms with Crippen LogP contribution in [0.5, 0.6) is 11.5 Å². The number of hydrogen-bond acceptors (Lipinski definition) is 4. The molecule has 0 unspecified atom stereocenters. The summed E-state index contributed by atoms with van der Waals surface area (Å²) in [7, 11) is 4.98. The van der Waals surface area contributed by atoms with E-state index in [1.165, 1.54) is 0 Å². The van der Waals surface area contributed by atoms with Gasteiger partial charge in [0.2, 0.25) is 11.8 Å². The molecular formula is C22H22N2O4. The van der Waals surface area contributed by atoms with E-state index in [0.717, 1.165) is 28.8 Å². The van der Waals surface area contributed by atoms with E-state index in [1.807, 2.05) is 41.3 Å². The molecule has 0 radical (unpaired) electrons. The van der Waals surface area contributed by atoms with Gasteiger partial charge in [-0.15, -0.1) is 0 Å². The maximum atomic E-state index is 13.6. The monoisotopic (exact) mass is 378 g/mol. The van der Waals surface area contributed by atoms with Crippen molar-refractivity contribution >= 4 is 17.5 Å². The Balaban J connectivity index is 1.66. The summed E-state index contributed by atoms with van der Waals surface area (Å²) >= 11 is 0. The lowest BCUT2D eigenvalue weighted by Crippen LogP contribution is -2.46. The summed E-state index contributed by atoms with van der Waals surface area (Å²) in [6.45, 7) is 0.604. The smallest absolute Gasteiger partial charge is 0.247 e. The van der Waals surface area contributed by atoms with Gasteiger partial charge < -0.3 is 19.3 Å². The number of carbonyl (C=O) groups excluding carboxylic acids is 2. The van der Waals surface area contributed by atoms with Crippen LogP contribution in [-0.4, -0.2) is 44.5 Å². The highest BCUT2D eigenvalue weighted by atomic mass is 16.5. The molecule has 0 N–H and O–H groups in total. The van der Waals surface area contributed by atoms with E-state index in [4.69, 9.17) is 9.47 Å². The second-order valence-electron chi connectivity index (χ2n) is 7.66. The fourth-order valence-corrected chi connectivity index (χ4v) is 5.16.